The highest BCUT2D eigenvalue weighted by Gasteiger charge is 2.28. The van der Waals surface area contributed by atoms with Gasteiger partial charge in [0.05, 0.1) is 6.54 Å². The zero-order chi connectivity index (χ0) is 25.3. The number of amides is 2. The minimum Gasteiger partial charge on any atom is -0.332 e. The summed E-state index contributed by atoms with van der Waals surface area (Å²) in [6.07, 6.45) is 8.54. The van der Waals surface area contributed by atoms with Crippen molar-refractivity contribution in [3.8, 4) is 0 Å². The molecule has 188 valence electrons. The number of halogens is 1. The van der Waals surface area contributed by atoms with Crippen LogP contribution < -0.4 is 0 Å². The maximum atomic E-state index is 13.7. The van der Waals surface area contributed by atoms with Gasteiger partial charge < -0.3 is 9.80 Å². The number of benzene rings is 2. The van der Waals surface area contributed by atoms with Gasteiger partial charge in [-0.25, -0.2) is 4.39 Å². The standard InChI is InChI=1S/C30H33FN2O2S/c1-23-18-19-36-28(23)21-32(20-25-12-15-26(31)16-13-25)30(35)22-33(27-10-6-3-7-11-27)29(34)17-14-24-8-4-2-5-9-24/h2,4-5,8-9,12-19,27H,3,6-7,10-11,20-22H2,1H3. The molecule has 0 aliphatic heterocycles. The van der Waals surface area contributed by atoms with Crippen LogP contribution >= 0.6 is 11.3 Å². The lowest BCUT2D eigenvalue weighted by Gasteiger charge is -2.35. The number of carbonyl (C=O) groups excluding carboxylic acids is 2. The summed E-state index contributed by atoms with van der Waals surface area (Å²) in [6, 6.07) is 18.1. The van der Waals surface area contributed by atoms with E-state index in [-0.39, 0.29) is 30.2 Å². The molecule has 36 heavy (non-hydrogen) atoms. The molecule has 1 saturated carbocycles. The minimum atomic E-state index is -0.301. The predicted octanol–water partition coefficient (Wildman–Crippen LogP) is 6.60. The van der Waals surface area contributed by atoms with Crippen LogP contribution in [0.2, 0.25) is 0 Å². The van der Waals surface area contributed by atoms with E-state index in [1.54, 1.807) is 39.3 Å². The first-order valence-electron chi connectivity index (χ1n) is 12.6. The average Bonchev–Trinajstić information content (AvgIpc) is 3.31. The van der Waals surface area contributed by atoms with Crippen molar-refractivity contribution in [3.63, 3.8) is 0 Å². The summed E-state index contributed by atoms with van der Waals surface area (Å²) >= 11 is 1.62. The summed E-state index contributed by atoms with van der Waals surface area (Å²) in [6.45, 7) is 2.90. The van der Waals surface area contributed by atoms with Crippen LogP contribution in [0.1, 0.15) is 53.7 Å². The molecule has 0 N–H and O–H groups in total. The molecule has 1 aliphatic carbocycles. The van der Waals surface area contributed by atoms with Gasteiger partial charge in [0.25, 0.3) is 0 Å². The van der Waals surface area contributed by atoms with Crippen LogP contribution in [0.4, 0.5) is 4.39 Å². The summed E-state index contributed by atoms with van der Waals surface area (Å²) in [7, 11) is 0. The van der Waals surface area contributed by atoms with Crippen LogP contribution in [0, 0.1) is 12.7 Å². The molecule has 1 aromatic heterocycles. The fourth-order valence-corrected chi connectivity index (χ4v) is 5.56. The number of thiophene rings is 1. The smallest absolute Gasteiger partial charge is 0.247 e. The van der Waals surface area contributed by atoms with Crippen molar-refractivity contribution in [2.75, 3.05) is 6.54 Å². The van der Waals surface area contributed by atoms with Crippen LogP contribution in [-0.4, -0.2) is 34.2 Å². The first-order valence-corrected chi connectivity index (χ1v) is 13.5. The molecular formula is C30H33FN2O2S. The molecule has 1 aliphatic rings. The van der Waals surface area contributed by atoms with E-state index in [1.807, 2.05) is 54.8 Å². The molecule has 6 heteroatoms. The average molecular weight is 505 g/mol. The molecular weight excluding hydrogens is 471 g/mol. The summed E-state index contributed by atoms with van der Waals surface area (Å²) in [4.78, 5) is 31.8. The first kappa shape index (κ1) is 25.8. The zero-order valence-corrected chi connectivity index (χ0v) is 21.6. The van der Waals surface area contributed by atoms with Gasteiger partial charge in [-0.1, -0.05) is 61.7 Å². The summed E-state index contributed by atoms with van der Waals surface area (Å²) < 4.78 is 13.5. The van der Waals surface area contributed by atoms with E-state index in [9.17, 15) is 14.0 Å². The van der Waals surface area contributed by atoms with Gasteiger partial charge in [0, 0.05) is 23.5 Å². The molecule has 0 bridgehead atoms. The van der Waals surface area contributed by atoms with Crippen LogP contribution in [0.5, 0.6) is 0 Å². The van der Waals surface area contributed by atoms with Crippen molar-refractivity contribution >= 4 is 29.2 Å². The minimum absolute atomic E-state index is 0.0360. The maximum Gasteiger partial charge on any atom is 0.247 e. The Morgan fingerprint density at radius 1 is 0.972 bits per heavy atom. The molecule has 4 rings (SSSR count). The van der Waals surface area contributed by atoms with Crippen molar-refractivity contribution in [1.82, 2.24) is 9.80 Å². The van der Waals surface area contributed by atoms with Gasteiger partial charge >= 0.3 is 0 Å². The van der Waals surface area contributed by atoms with Crippen molar-refractivity contribution in [2.45, 2.75) is 58.2 Å². The molecule has 3 aromatic rings. The largest absolute Gasteiger partial charge is 0.332 e. The quantitative estimate of drug-likeness (QED) is 0.308. The van der Waals surface area contributed by atoms with Gasteiger partial charge in [-0.05, 0) is 66.1 Å². The molecule has 2 aromatic carbocycles. The van der Waals surface area contributed by atoms with Crippen molar-refractivity contribution in [2.24, 2.45) is 0 Å². The summed E-state index contributed by atoms with van der Waals surface area (Å²) in [5.74, 6) is -0.530. The molecule has 1 fully saturated rings. The van der Waals surface area contributed by atoms with E-state index >= 15 is 0 Å². The molecule has 0 radical (unpaired) electrons. The van der Waals surface area contributed by atoms with Gasteiger partial charge in [-0.2, -0.15) is 0 Å². The second kappa shape index (κ2) is 12.6. The highest BCUT2D eigenvalue weighted by atomic mass is 32.1. The third kappa shape index (κ3) is 7.14. The molecule has 0 spiro atoms. The van der Waals surface area contributed by atoms with E-state index in [4.69, 9.17) is 0 Å². The molecule has 1 heterocycles. The molecule has 0 saturated heterocycles. The number of hydrogen-bond donors (Lipinski definition) is 0. The normalized spacial score (nSPS) is 14.2. The molecule has 0 atom stereocenters. The molecule has 2 amide bonds. The van der Waals surface area contributed by atoms with Gasteiger partial charge in [-0.3, -0.25) is 9.59 Å². The lowest BCUT2D eigenvalue weighted by Crippen LogP contribution is -2.47. The van der Waals surface area contributed by atoms with Crippen molar-refractivity contribution < 1.29 is 14.0 Å². The van der Waals surface area contributed by atoms with E-state index in [2.05, 4.69) is 0 Å². The predicted molar refractivity (Wildman–Crippen MR) is 144 cm³/mol. The Labute approximate surface area is 217 Å². The van der Waals surface area contributed by atoms with Crippen molar-refractivity contribution in [3.05, 3.63) is 99.5 Å². The topological polar surface area (TPSA) is 40.6 Å². The fourth-order valence-electron chi connectivity index (χ4n) is 4.63. The summed E-state index contributed by atoms with van der Waals surface area (Å²) in [5.41, 5.74) is 2.95. The monoisotopic (exact) mass is 504 g/mol. The van der Waals surface area contributed by atoms with Crippen LogP contribution in [0.3, 0.4) is 0 Å². The number of aryl methyl sites for hydroxylation is 1. The number of carbonyl (C=O) groups is 2. The van der Waals surface area contributed by atoms with Gasteiger partial charge in [-0.15, -0.1) is 11.3 Å². The fraction of sp³-hybridized carbons (Fsp3) is 0.333. The number of nitrogens with zero attached hydrogens (tertiary/aromatic N) is 2. The Morgan fingerprint density at radius 2 is 1.69 bits per heavy atom. The van der Waals surface area contributed by atoms with Gasteiger partial charge in [0.1, 0.15) is 12.4 Å². The number of hydrogen-bond acceptors (Lipinski definition) is 3. The summed E-state index contributed by atoms with van der Waals surface area (Å²) in [5, 5.41) is 2.03. The van der Waals surface area contributed by atoms with Crippen LogP contribution in [-0.2, 0) is 22.7 Å². The van der Waals surface area contributed by atoms with Crippen molar-refractivity contribution in [1.29, 1.82) is 0 Å². The highest BCUT2D eigenvalue weighted by Crippen LogP contribution is 2.24. The van der Waals surface area contributed by atoms with E-state index in [0.717, 1.165) is 47.3 Å². The van der Waals surface area contributed by atoms with E-state index in [0.29, 0.717) is 13.1 Å². The molecule has 4 nitrogen and oxygen atoms in total. The second-order valence-electron chi connectivity index (χ2n) is 9.41. The van der Waals surface area contributed by atoms with E-state index in [1.165, 1.54) is 18.6 Å². The lowest BCUT2D eigenvalue weighted by molar-refractivity contribution is -0.141. The van der Waals surface area contributed by atoms with Crippen LogP contribution in [0.15, 0.2) is 72.1 Å². The third-order valence-corrected chi connectivity index (χ3v) is 7.77. The first-order chi connectivity index (χ1) is 17.5. The zero-order valence-electron chi connectivity index (χ0n) is 20.7. The van der Waals surface area contributed by atoms with Gasteiger partial charge in [0.15, 0.2) is 0 Å². The Balaban J connectivity index is 1.55. The van der Waals surface area contributed by atoms with Crippen LogP contribution in [0.25, 0.3) is 6.08 Å². The van der Waals surface area contributed by atoms with E-state index < -0.39 is 0 Å². The Bertz CT molecular complexity index is 1170. The Morgan fingerprint density at radius 3 is 2.36 bits per heavy atom. The highest BCUT2D eigenvalue weighted by molar-refractivity contribution is 7.10. The molecule has 0 unspecified atom stereocenters. The third-order valence-electron chi connectivity index (χ3n) is 6.76. The SMILES string of the molecule is Cc1ccsc1CN(Cc1ccc(F)cc1)C(=O)CN(C(=O)C=Cc1ccccc1)C1CCCCC1. The lowest BCUT2D eigenvalue weighted by atomic mass is 9.94. The number of rotatable bonds is 9. The maximum absolute atomic E-state index is 13.7. The van der Waals surface area contributed by atoms with Gasteiger partial charge in [0.2, 0.25) is 11.8 Å². The Kier molecular flexibility index (Phi) is 9.06. The Hall–Kier alpha value is -3.25. The second-order valence-corrected chi connectivity index (χ2v) is 10.4.